The molecule has 2 unspecified atom stereocenters. The number of rotatable bonds is 5. The Bertz CT molecular complexity index is 381. The summed E-state index contributed by atoms with van der Waals surface area (Å²) < 4.78 is 1.11. The van der Waals surface area contributed by atoms with Gasteiger partial charge in [0.05, 0.1) is 0 Å². The number of halogens is 1. The predicted octanol–water partition coefficient (Wildman–Crippen LogP) is 3.71. The number of hydrogen-bond acceptors (Lipinski definition) is 2. The highest BCUT2D eigenvalue weighted by molar-refractivity contribution is 9.10. The molecule has 0 saturated carbocycles. The largest absolute Gasteiger partial charge is 0.324 e. The van der Waals surface area contributed by atoms with Gasteiger partial charge in [-0.2, -0.15) is 0 Å². The standard InChI is InChI=1S/C15H23BrN2/c1-2-14-7-4-9-18(14)10-8-15(17)12-5-3-6-13(16)11-12/h3,5-6,11,14-15H,2,4,7-10,17H2,1H3. The molecule has 1 aromatic carbocycles. The second-order valence-electron chi connectivity index (χ2n) is 5.19. The molecule has 0 aromatic heterocycles. The summed E-state index contributed by atoms with van der Waals surface area (Å²) in [6.45, 7) is 4.67. The van der Waals surface area contributed by atoms with Gasteiger partial charge in [0.15, 0.2) is 0 Å². The lowest BCUT2D eigenvalue weighted by Gasteiger charge is -2.24. The van der Waals surface area contributed by atoms with Crippen LogP contribution in [0.4, 0.5) is 0 Å². The first-order valence-corrected chi connectivity index (χ1v) is 7.75. The zero-order valence-corrected chi connectivity index (χ0v) is 12.7. The summed E-state index contributed by atoms with van der Waals surface area (Å²) in [5, 5.41) is 0. The maximum Gasteiger partial charge on any atom is 0.0307 e. The van der Waals surface area contributed by atoms with Crippen LogP contribution in [0.25, 0.3) is 0 Å². The van der Waals surface area contributed by atoms with Crippen LogP contribution < -0.4 is 5.73 Å². The minimum Gasteiger partial charge on any atom is -0.324 e. The predicted molar refractivity (Wildman–Crippen MR) is 80.6 cm³/mol. The van der Waals surface area contributed by atoms with Gasteiger partial charge in [-0.1, -0.05) is 35.0 Å². The monoisotopic (exact) mass is 310 g/mol. The topological polar surface area (TPSA) is 29.3 Å². The van der Waals surface area contributed by atoms with E-state index in [4.69, 9.17) is 5.73 Å². The second-order valence-corrected chi connectivity index (χ2v) is 6.11. The maximum atomic E-state index is 6.28. The molecule has 1 saturated heterocycles. The average molecular weight is 311 g/mol. The van der Waals surface area contributed by atoms with Gasteiger partial charge in [-0.15, -0.1) is 0 Å². The molecule has 0 bridgehead atoms. The van der Waals surface area contributed by atoms with Crippen LogP contribution in [-0.4, -0.2) is 24.0 Å². The molecule has 1 aliphatic heterocycles. The van der Waals surface area contributed by atoms with Gasteiger partial charge in [0.25, 0.3) is 0 Å². The van der Waals surface area contributed by atoms with Gasteiger partial charge < -0.3 is 10.6 Å². The van der Waals surface area contributed by atoms with E-state index in [0.29, 0.717) is 0 Å². The van der Waals surface area contributed by atoms with E-state index < -0.39 is 0 Å². The summed E-state index contributed by atoms with van der Waals surface area (Å²) in [6.07, 6.45) is 5.03. The summed E-state index contributed by atoms with van der Waals surface area (Å²) in [5.41, 5.74) is 7.51. The highest BCUT2D eigenvalue weighted by Gasteiger charge is 2.22. The van der Waals surface area contributed by atoms with Gasteiger partial charge >= 0.3 is 0 Å². The van der Waals surface area contributed by atoms with Crippen molar-refractivity contribution in [2.75, 3.05) is 13.1 Å². The van der Waals surface area contributed by atoms with Crippen LogP contribution in [0.3, 0.4) is 0 Å². The van der Waals surface area contributed by atoms with E-state index in [1.54, 1.807) is 0 Å². The Hall–Kier alpha value is -0.380. The first-order valence-electron chi connectivity index (χ1n) is 6.95. The highest BCUT2D eigenvalue weighted by Crippen LogP contribution is 2.23. The normalized spacial score (nSPS) is 22.3. The third kappa shape index (κ3) is 3.56. The Morgan fingerprint density at radius 2 is 2.33 bits per heavy atom. The zero-order chi connectivity index (χ0) is 13.0. The third-order valence-corrected chi connectivity index (χ3v) is 4.47. The lowest BCUT2D eigenvalue weighted by molar-refractivity contribution is 0.239. The van der Waals surface area contributed by atoms with Gasteiger partial charge in [0.2, 0.25) is 0 Å². The minimum absolute atomic E-state index is 0.153. The van der Waals surface area contributed by atoms with Crippen LogP contribution in [0.2, 0.25) is 0 Å². The molecule has 0 aliphatic carbocycles. The van der Waals surface area contributed by atoms with Crippen molar-refractivity contribution in [1.29, 1.82) is 0 Å². The lowest BCUT2D eigenvalue weighted by Crippen LogP contribution is -2.31. The molecule has 2 N–H and O–H groups in total. The number of nitrogens with two attached hydrogens (primary N) is 1. The van der Waals surface area contributed by atoms with Crippen molar-refractivity contribution in [3.63, 3.8) is 0 Å². The Kier molecular flexibility index (Phi) is 5.22. The van der Waals surface area contributed by atoms with Crippen molar-refractivity contribution in [3.8, 4) is 0 Å². The molecule has 1 fully saturated rings. The van der Waals surface area contributed by atoms with Gasteiger partial charge in [0.1, 0.15) is 0 Å². The van der Waals surface area contributed by atoms with Crippen LogP contribution in [0.5, 0.6) is 0 Å². The van der Waals surface area contributed by atoms with Crippen LogP contribution in [-0.2, 0) is 0 Å². The smallest absolute Gasteiger partial charge is 0.0307 e. The fourth-order valence-corrected chi connectivity index (χ4v) is 3.28. The van der Waals surface area contributed by atoms with E-state index in [9.17, 15) is 0 Å². The fraction of sp³-hybridized carbons (Fsp3) is 0.600. The summed E-state index contributed by atoms with van der Waals surface area (Å²) >= 11 is 3.50. The van der Waals surface area contributed by atoms with Crippen molar-refractivity contribution < 1.29 is 0 Å². The SMILES string of the molecule is CCC1CCCN1CCC(N)c1cccc(Br)c1. The first kappa shape index (κ1) is 14.0. The number of hydrogen-bond donors (Lipinski definition) is 1. The molecule has 18 heavy (non-hydrogen) atoms. The van der Waals surface area contributed by atoms with Crippen molar-refractivity contribution >= 4 is 15.9 Å². The highest BCUT2D eigenvalue weighted by atomic mass is 79.9. The summed E-state index contributed by atoms with van der Waals surface area (Å²) in [5.74, 6) is 0. The van der Waals surface area contributed by atoms with Gasteiger partial charge in [-0.25, -0.2) is 0 Å². The zero-order valence-electron chi connectivity index (χ0n) is 11.1. The molecule has 1 heterocycles. The summed E-state index contributed by atoms with van der Waals surface area (Å²) in [6, 6.07) is 9.30. The molecule has 2 nitrogen and oxygen atoms in total. The maximum absolute atomic E-state index is 6.28. The minimum atomic E-state index is 0.153. The molecule has 1 aromatic rings. The second kappa shape index (κ2) is 6.69. The van der Waals surface area contributed by atoms with Gasteiger partial charge in [0, 0.05) is 23.1 Å². The van der Waals surface area contributed by atoms with Crippen molar-refractivity contribution in [1.82, 2.24) is 4.90 Å². The Morgan fingerprint density at radius 3 is 3.06 bits per heavy atom. The van der Waals surface area contributed by atoms with Crippen molar-refractivity contribution in [3.05, 3.63) is 34.3 Å². The molecule has 2 rings (SSSR count). The Labute approximate surface area is 119 Å². The van der Waals surface area contributed by atoms with Crippen LogP contribution in [0.15, 0.2) is 28.7 Å². The molecule has 0 spiro atoms. The third-order valence-electron chi connectivity index (χ3n) is 3.97. The van der Waals surface area contributed by atoms with Crippen molar-refractivity contribution in [2.24, 2.45) is 5.73 Å². The Morgan fingerprint density at radius 1 is 1.50 bits per heavy atom. The van der Waals surface area contributed by atoms with E-state index in [1.165, 1.54) is 31.4 Å². The molecule has 0 amide bonds. The Balaban J connectivity index is 1.86. The van der Waals surface area contributed by atoms with E-state index in [1.807, 2.05) is 6.07 Å². The molecule has 1 aliphatic rings. The molecule has 2 atom stereocenters. The van der Waals surface area contributed by atoms with Crippen LogP contribution in [0, 0.1) is 0 Å². The molecular weight excluding hydrogens is 288 g/mol. The van der Waals surface area contributed by atoms with E-state index in [-0.39, 0.29) is 6.04 Å². The van der Waals surface area contributed by atoms with Crippen LogP contribution in [0.1, 0.15) is 44.2 Å². The fourth-order valence-electron chi connectivity index (χ4n) is 2.86. The van der Waals surface area contributed by atoms with E-state index in [0.717, 1.165) is 23.5 Å². The van der Waals surface area contributed by atoms with Crippen LogP contribution >= 0.6 is 15.9 Å². The molecule has 100 valence electrons. The van der Waals surface area contributed by atoms with E-state index in [2.05, 4.69) is 46.0 Å². The van der Waals surface area contributed by atoms with E-state index >= 15 is 0 Å². The quantitative estimate of drug-likeness (QED) is 0.898. The van der Waals surface area contributed by atoms with Gasteiger partial charge in [-0.3, -0.25) is 0 Å². The number of nitrogens with zero attached hydrogens (tertiary/aromatic N) is 1. The van der Waals surface area contributed by atoms with Gasteiger partial charge in [-0.05, 0) is 49.9 Å². The molecule has 3 heteroatoms. The number of likely N-dealkylation sites (tertiary alicyclic amines) is 1. The summed E-state index contributed by atoms with van der Waals surface area (Å²) in [4.78, 5) is 2.61. The number of benzene rings is 1. The first-order chi connectivity index (χ1) is 8.70. The molecular formula is C15H23BrN2. The van der Waals surface area contributed by atoms with Crippen molar-refractivity contribution in [2.45, 2.75) is 44.7 Å². The molecule has 0 radical (unpaired) electrons. The lowest BCUT2D eigenvalue weighted by atomic mass is 10.0. The summed E-state index contributed by atoms with van der Waals surface area (Å²) in [7, 11) is 0. The average Bonchev–Trinajstić information content (AvgIpc) is 2.83.